The van der Waals surface area contributed by atoms with E-state index in [0.29, 0.717) is 54.1 Å². The van der Waals surface area contributed by atoms with Gasteiger partial charge in [-0.2, -0.15) is 0 Å². The number of rotatable bonds is 5. The van der Waals surface area contributed by atoms with Gasteiger partial charge in [-0.15, -0.1) is 0 Å². The van der Waals surface area contributed by atoms with E-state index < -0.39 is 0 Å². The van der Waals surface area contributed by atoms with Crippen LogP contribution in [0.4, 0.5) is 0 Å². The second kappa shape index (κ2) is 7.31. The van der Waals surface area contributed by atoms with Gasteiger partial charge in [-0.1, -0.05) is 5.57 Å². The molecular weight excluding hydrogens is 296 g/mol. The number of ether oxygens (including phenoxy) is 3. The van der Waals surface area contributed by atoms with Gasteiger partial charge in [-0.25, -0.2) is 0 Å². The zero-order valence-corrected chi connectivity index (χ0v) is 14.0. The number of benzene rings is 1. The van der Waals surface area contributed by atoms with Gasteiger partial charge in [0.25, 0.3) is 0 Å². The first-order valence-electron chi connectivity index (χ1n) is 7.56. The number of allylic oxidation sites excluding steroid dienone is 2. The third kappa shape index (κ3) is 3.55. The Balaban J connectivity index is 2.44. The van der Waals surface area contributed by atoms with Crippen LogP contribution in [0.25, 0.3) is 0 Å². The Morgan fingerprint density at radius 3 is 2.00 bits per heavy atom. The molecule has 0 atom stereocenters. The Labute approximate surface area is 136 Å². The van der Waals surface area contributed by atoms with E-state index in [0.717, 1.165) is 5.57 Å². The molecule has 0 saturated heterocycles. The van der Waals surface area contributed by atoms with Crippen molar-refractivity contribution in [1.29, 1.82) is 0 Å². The quantitative estimate of drug-likeness (QED) is 0.779. The zero-order chi connectivity index (χ0) is 17.0. The molecule has 1 aromatic rings. The number of Topliss-reactive ketones (excluding diaryl/α,β-unsaturated/α-hetero) is 2. The predicted molar refractivity (Wildman–Crippen MR) is 86.6 cm³/mol. The van der Waals surface area contributed by atoms with Gasteiger partial charge in [0.2, 0.25) is 5.75 Å². The van der Waals surface area contributed by atoms with Crippen molar-refractivity contribution < 1.29 is 23.8 Å². The van der Waals surface area contributed by atoms with E-state index in [1.165, 1.54) is 21.3 Å². The molecule has 0 aliphatic heterocycles. The molecule has 0 spiro atoms. The Morgan fingerprint density at radius 1 is 0.913 bits per heavy atom. The topological polar surface area (TPSA) is 61.8 Å². The van der Waals surface area contributed by atoms with Crippen molar-refractivity contribution in [1.82, 2.24) is 0 Å². The van der Waals surface area contributed by atoms with Crippen molar-refractivity contribution in [3.05, 3.63) is 28.8 Å². The average molecular weight is 318 g/mol. The number of ketones is 2. The van der Waals surface area contributed by atoms with Crippen LogP contribution in [0.15, 0.2) is 23.3 Å². The molecule has 5 heteroatoms. The highest BCUT2D eigenvalue weighted by Crippen LogP contribution is 2.39. The summed E-state index contributed by atoms with van der Waals surface area (Å²) in [7, 11) is 4.55. The molecule has 5 nitrogen and oxygen atoms in total. The van der Waals surface area contributed by atoms with Crippen molar-refractivity contribution in [3.63, 3.8) is 0 Å². The van der Waals surface area contributed by atoms with E-state index in [1.807, 2.05) is 6.92 Å². The number of carbonyl (C=O) groups excluding carboxylic acids is 2. The summed E-state index contributed by atoms with van der Waals surface area (Å²) in [6.45, 7) is 1.92. The molecule has 0 radical (unpaired) electrons. The molecule has 1 aromatic carbocycles. The minimum absolute atomic E-state index is 0.0866. The highest BCUT2D eigenvalue weighted by Gasteiger charge is 2.23. The fourth-order valence-corrected chi connectivity index (χ4v) is 2.77. The van der Waals surface area contributed by atoms with Gasteiger partial charge in [0, 0.05) is 18.4 Å². The molecule has 0 saturated carbocycles. The lowest BCUT2D eigenvalue weighted by Gasteiger charge is -2.15. The third-order valence-corrected chi connectivity index (χ3v) is 4.15. The van der Waals surface area contributed by atoms with Gasteiger partial charge in [0.15, 0.2) is 17.3 Å². The molecule has 0 aromatic heterocycles. The molecule has 0 amide bonds. The number of carbonyl (C=O) groups is 2. The summed E-state index contributed by atoms with van der Waals surface area (Å²) in [5.74, 6) is 1.46. The lowest BCUT2D eigenvalue weighted by molar-refractivity contribution is -0.118. The van der Waals surface area contributed by atoms with Crippen molar-refractivity contribution >= 4 is 11.6 Å². The molecule has 0 heterocycles. The molecule has 124 valence electrons. The summed E-state index contributed by atoms with van der Waals surface area (Å²) in [5.41, 5.74) is 2.17. The van der Waals surface area contributed by atoms with Gasteiger partial charge in [0.1, 0.15) is 5.78 Å². The van der Waals surface area contributed by atoms with Gasteiger partial charge in [-0.3, -0.25) is 9.59 Å². The zero-order valence-electron chi connectivity index (χ0n) is 14.0. The minimum Gasteiger partial charge on any atom is -0.493 e. The molecule has 0 bridgehead atoms. The van der Waals surface area contributed by atoms with Crippen LogP contribution in [0.5, 0.6) is 17.2 Å². The Bertz CT molecular complexity index is 632. The Morgan fingerprint density at radius 2 is 1.48 bits per heavy atom. The van der Waals surface area contributed by atoms with Crippen LogP contribution in [0.3, 0.4) is 0 Å². The largest absolute Gasteiger partial charge is 0.493 e. The number of hydrogen-bond donors (Lipinski definition) is 0. The summed E-state index contributed by atoms with van der Waals surface area (Å²) >= 11 is 0. The van der Waals surface area contributed by atoms with Crippen LogP contribution in [0.1, 0.15) is 43.0 Å². The SMILES string of the molecule is COc1cc(C(=O)C2=C(C)CCC(=O)CC2)cc(OC)c1OC. The normalized spacial score (nSPS) is 15.2. The van der Waals surface area contributed by atoms with Crippen molar-refractivity contribution in [2.75, 3.05) is 21.3 Å². The standard InChI is InChI=1S/C18H22O5/c1-11-5-6-13(19)7-8-14(11)17(20)12-9-15(21-2)18(23-4)16(10-12)22-3/h9-10H,5-8H2,1-4H3. The molecule has 0 fully saturated rings. The monoisotopic (exact) mass is 318 g/mol. The molecule has 0 N–H and O–H groups in total. The maximum Gasteiger partial charge on any atom is 0.203 e. The summed E-state index contributed by atoms with van der Waals surface area (Å²) in [6.07, 6.45) is 2.06. The van der Waals surface area contributed by atoms with E-state index in [1.54, 1.807) is 12.1 Å². The smallest absolute Gasteiger partial charge is 0.203 e. The number of hydrogen-bond acceptors (Lipinski definition) is 5. The van der Waals surface area contributed by atoms with Gasteiger partial charge >= 0.3 is 0 Å². The summed E-state index contributed by atoms with van der Waals surface area (Å²) in [6, 6.07) is 3.30. The second-order valence-electron chi connectivity index (χ2n) is 5.54. The molecule has 2 rings (SSSR count). The Kier molecular flexibility index (Phi) is 5.42. The highest BCUT2D eigenvalue weighted by atomic mass is 16.5. The molecular formula is C18H22O5. The van der Waals surface area contributed by atoms with Crippen molar-refractivity contribution in [2.24, 2.45) is 0 Å². The van der Waals surface area contributed by atoms with Crippen LogP contribution in [0.2, 0.25) is 0 Å². The summed E-state index contributed by atoms with van der Waals surface area (Å²) in [4.78, 5) is 24.5. The maximum absolute atomic E-state index is 12.9. The fourth-order valence-electron chi connectivity index (χ4n) is 2.77. The first kappa shape index (κ1) is 17.1. The van der Waals surface area contributed by atoms with Crippen LogP contribution in [0, 0.1) is 0 Å². The van der Waals surface area contributed by atoms with Crippen LogP contribution in [-0.4, -0.2) is 32.9 Å². The van der Waals surface area contributed by atoms with E-state index in [-0.39, 0.29) is 11.6 Å². The van der Waals surface area contributed by atoms with Crippen LogP contribution < -0.4 is 14.2 Å². The molecule has 1 aliphatic carbocycles. The van der Waals surface area contributed by atoms with E-state index in [2.05, 4.69) is 0 Å². The van der Waals surface area contributed by atoms with Crippen LogP contribution in [-0.2, 0) is 4.79 Å². The Hall–Kier alpha value is -2.30. The first-order chi connectivity index (χ1) is 11.0. The van der Waals surface area contributed by atoms with Gasteiger partial charge in [-0.05, 0) is 37.5 Å². The van der Waals surface area contributed by atoms with E-state index >= 15 is 0 Å². The van der Waals surface area contributed by atoms with Crippen molar-refractivity contribution in [3.8, 4) is 17.2 Å². The molecule has 23 heavy (non-hydrogen) atoms. The second-order valence-corrected chi connectivity index (χ2v) is 5.54. The minimum atomic E-state index is -0.0866. The van der Waals surface area contributed by atoms with Gasteiger partial charge < -0.3 is 14.2 Å². The summed E-state index contributed by atoms with van der Waals surface area (Å²) in [5, 5.41) is 0. The predicted octanol–water partition coefficient (Wildman–Crippen LogP) is 3.35. The van der Waals surface area contributed by atoms with Gasteiger partial charge in [0.05, 0.1) is 21.3 Å². The molecule has 0 unspecified atom stereocenters. The van der Waals surface area contributed by atoms with Crippen LogP contribution >= 0.6 is 0 Å². The summed E-state index contributed by atoms with van der Waals surface area (Å²) < 4.78 is 15.9. The molecule has 1 aliphatic rings. The van der Waals surface area contributed by atoms with Crippen molar-refractivity contribution in [2.45, 2.75) is 32.6 Å². The average Bonchev–Trinajstić information content (AvgIpc) is 2.74. The lowest BCUT2D eigenvalue weighted by Crippen LogP contribution is -2.07. The first-order valence-corrected chi connectivity index (χ1v) is 7.56. The fraction of sp³-hybridized carbons (Fsp3) is 0.444. The lowest BCUT2D eigenvalue weighted by atomic mass is 9.95. The third-order valence-electron chi connectivity index (χ3n) is 4.15. The highest BCUT2D eigenvalue weighted by molar-refractivity contribution is 6.10. The maximum atomic E-state index is 12.9. The van der Waals surface area contributed by atoms with E-state index in [4.69, 9.17) is 14.2 Å². The number of methoxy groups -OCH3 is 3. The van der Waals surface area contributed by atoms with E-state index in [9.17, 15) is 9.59 Å².